The summed E-state index contributed by atoms with van der Waals surface area (Å²) in [5.41, 5.74) is 0.603. The third-order valence-corrected chi connectivity index (χ3v) is 15.6. The Morgan fingerprint density at radius 3 is 0.755 bits per heavy atom. The molecule has 2 aliphatic heterocycles. The van der Waals surface area contributed by atoms with E-state index < -0.39 is 58.8 Å². The smallest absolute Gasteiger partial charge is 0.343 e. The van der Waals surface area contributed by atoms with Crippen molar-refractivity contribution in [2.75, 3.05) is 66.1 Å². The minimum absolute atomic E-state index is 0.0333. The molecule has 2 saturated heterocycles. The molecule has 2 atom stereocenters. The average molecular weight is 1340 g/mol. The van der Waals surface area contributed by atoms with Crippen LogP contribution in [0.25, 0.3) is 0 Å². The largest absolute Gasteiger partial charge is 0.494 e. The summed E-state index contributed by atoms with van der Waals surface area (Å²) in [6.07, 6.45) is 17.0. The predicted molar refractivity (Wildman–Crippen MR) is 363 cm³/mol. The van der Waals surface area contributed by atoms with Gasteiger partial charge in [0.25, 0.3) is 0 Å². The van der Waals surface area contributed by atoms with Crippen LogP contribution in [-0.2, 0) is 18.9 Å². The minimum Gasteiger partial charge on any atom is -0.494 e. The van der Waals surface area contributed by atoms with Gasteiger partial charge in [0.1, 0.15) is 46.7 Å². The molecule has 2 aliphatic rings. The lowest BCUT2D eigenvalue weighted by Crippen LogP contribution is -2.16. The van der Waals surface area contributed by atoms with Gasteiger partial charge in [0.05, 0.1) is 86.2 Å². The summed E-state index contributed by atoms with van der Waals surface area (Å²) < 4.78 is 80.2. The molecule has 2 fully saturated rings. The Kier molecular flexibility index (Phi) is 29.3. The second-order valence-electron chi connectivity index (χ2n) is 23.6. The van der Waals surface area contributed by atoms with Gasteiger partial charge in [0.2, 0.25) is 0 Å². The van der Waals surface area contributed by atoms with Crippen LogP contribution >= 0.6 is 0 Å². The highest BCUT2D eigenvalue weighted by Crippen LogP contribution is 2.42. The van der Waals surface area contributed by atoms with Gasteiger partial charge in [-0.3, -0.25) is 0 Å². The van der Waals surface area contributed by atoms with E-state index in [4.69, 9.17) is 66.3 Å². The van der Waals surface area contributed by atoms with Crippen molar-refractivity contribution in [3.8, 4) is 57.5 Å². The first kappa shape index (κ1) is 72.7. The molecule has 2 heterocycles. The van der Waals surface area contributed by atoms with Crippen molar-refractivity contribution in [3.63, 3.8) is 0 Å². The van der Waals surface area contributed by atoms with Gasteiger partial charge in [0.15, 0.2) is 23.0 Å². The SMILES string of the molecule is CCCCCCCCOc1ccc(C(=O)Oc2ccc(C(=O)Oc3cc(OC(=O)c4ccc(OCCCCOCC5CO5)cc4)c(OC(=O)c4ccc(OC(=O)c5ccc(OCCCCCCCC)cc5)cc4)cc3OC(=O)c3ccc(OCCCCOCC4CO4)cc3)cc2)cc1. The lowest BCUT2D eigenvalue weighted by Gasteiger charge is -2.16. The van der Waals surface area contributed by atoms with Crippen LogP contribution in [0.2, 0.25) is 0 Å². The molecule has 0 saturated carbocycles. The first-order valence-corrected chi connectivity index (χ1v) is 34.0. The topological polar surface area (TPSA) is 238 Å². The second-order valence-corrected chi connectivity index (χ2v) is 23.6. The Hall–Kier alpha value is -9.60. The van der Waals surface area contributed by atoms with Gasteiger partial charge in [0, 0.05) is 25.3 Å². The molecule has 0 aromatic heterocycles. The van der Waals surface area contributed by atoms with E-state index in [2.05, 4.69) is 13.8 Å². The maximum absolute atomic E-state index is 14.2. The van der Waals surface area contributed by atoms with E-state index in [9.17, 15) is 28.8 Å². The fraction of sp³-hybridized carbons (Fsp3) is 0.385. The maximum atomic E-state index is 14.2. The zero-order valence-corrected chi connectivity index (χ0v) is 55.7. The van der Waals surface area contributed by atoms with E-state index in [1.165, 1.54) is 124 Å². The molecule has 20 nitrogen and oxygen atoms in total. The first-order valence-electron chi connectivity index (χ1n) is 34.0. The van der Waals surface area contributed by atoms with E-state index in [-0.39, 0.29) is 57.1 Å². The average Bonchev–Trinajstić information content (AvgIpc) is 1.29. The summed E-state index contributed by atoms with van der Waals surface area (Å²) >= 11 is 0. The molecule has 7 aromatic rings. The molecule has 7 aromatic carbocycles. The quantitative estimate of drug-likeness (QED) is 0.0149. The first-order chi connectivity index (χ1) is 48.0. The standard InChI is InChI=1S/C78H86O20/c1-3-5-7-9-11-13-45-87-61-31-19-55(20-32-61)73(79)93-65-39-27-59(28-40-65)77(83)97-71-49-70(96-76(82)58-25-37-64(38-26-58)90-48-18-16-44-86-52-68-54-92-68)72(50-69(71)95-75(81)57-23-35-63(36-24-57)89-47-17-15-43-85-51-67-53-91-67)98-78(84)60-29-41-66(42-30-60)94-74(80)56-21-33-62(34-22-56)88-46-14-12-10-8-6-4-2/h19-42,49-50,67-68H,3-18,43-48,51-54H2,1-2H3. The van der Waals surface area contributed by atoms with Crippen LogP contribution < -0.4 is 47.4 Å². The summed E-state index contributed by atoms with van der Waals surface area (Å²) in [7, 11) is 0. The van der Waals surface area contributed by atoms with Gasteiger partial charge in [-0.15, -0.1) is 0 Å². The zero-order valence-electron chi connectivity index (χ0n) is 55.7. The van der Waals surface area contributed by atoms with Crippen molar-refractivity contribution < 1.29 is 95.1 Å². The lowest BCUT2D eigenvalue weighted by atomic mass is 10.1. The molecular weight excluding hydrogens is 1260 g/mol. The number of rotatable bonds is 44. The number of hydrogen-bond donors (Lipinski definition) is 0. The fourth-order valence-electron chi connectivity index (χ4n) is 9.77. The normalized spacial score (nSPS) is 13.5. The van der Waals surface area contributed by atoms with Crippen LogP contribution in [0.15, 0.2) is 158 Å². The molecule has 0 spiro atoms. The molecule has 0 aliphatic carbocycles. The third-order valence-electron chi connectivity index (χ3n) is 15.6. The van der Waals surface area contributed by atoms with Crippen molar-refractivity contribution in [2.45, 2.75) is 129 Å². The molecule has 0 bridgehead atoms. The van der Waals surface area contributed by atoms with E-state index in [0.29, 0.717) is 75.9 Å². The molecule has 2 unspecified atom stereocenters. The number of esters is 6. The number of hydrogen-bond acceptors (Lipinski definition) is 20. The van der Waals surface area contributed by atoms with Gasteiger partial charge >= 0.3 is 35.8 Å². The van der Waals surface area contributed by atoms with E-state index in [0.717, 1.165) is 76.7 Å². The van der Waals surface area contributed by atoms with Crippen molar-refractivity contribution in [3.05, 3.63) is 191 Å². The van der Waals surface area contributed by atoms with E-state index >= 15 is 0 Å². The van der Waals surface area contributed by atoms with Crippen molar-refractivity contribution in [1.82, 2.24) is 0 Å². The third kappa shape index (κ3) is 25.1. The van der Waals surface area contributed by atoms with E-state index in [1.54, 1.807) is 72.8 Å². The number of benzene rings is 7. The van der Waals surface area contributed by atoms with E-state index in [1.807, 2.05) is 0 Å². The Morgan fingerprint density at radius 2 is 0.500 bits per heavy atom. The summed E-state index contributed by atoms with van der Waals surface area (Å²) in [6.45, 7) is 10.0. The zero-order chi connectivity index (χ0) is 68.5. The van der Waals surface area contributed by atoms with Gasteiger partial charge in [-0.2, -0.15) is 0 Å². The molecule has 98 heavy (non-hydrogen) atoms. The predicted octanol–water partition coefficient (Wildman–Crippen LogP) is 15.6. The summed E-state index contributed by atoms with van der Waals surface area (Å²) in [4.78, 5) is 83.1. The highest BCUT2D eigenvalue weighted by Gasteiger charge is 2.27. The van der Waals surface area contributed by atoms with Crippen LogP contribution in [0.4, 0.5) is 0 Å². The fourth-order valence-corrected chi connectivity index (χ4v) is 9.77. The van der Waals surface area contributed by atoms with Gasteiger partial charge < -0.3 is 66.3 Å². The number of carbonyl (C=O) groups excluding carboxylic acids is 6. The molecule has 0 amide bonds. The number of epoxide rings is 2. The number of unbranched alkanes of at least 4 members (excludes halogenated alkanes) is 12. The Morgan fingerprint density at radius 1 is 0.286 bits per heavy atom. The molecular formula is C78H86O20. The highest BCUT2D eigenvalue weighted by atomic mass is 16.6. The van der Waals surface area contributed by atoms with Crippen molar-refractivity contribution in [1.29, 1.82) is 0 Å². The van der Waals surface area contributed by atoms with Gasteiger partial charge in [-0.05, 0) is 184 Å². The number of ether oxygens (including phenoxy) is 14. The van der Waals surface area contributed by atoms with Gasteiger partial charge in [-0.1, -0.05) is 78.1 Å². The van der Waals surface area contributed by atoms with Crippen molar-refractivity contribution in [2.24, 2.45) is 0 Å². The van der Waals surface area contributed by atoms with Crippen LogP contribution in [0, 0.1) is 0 Å². The molecule has 9 rings (SSSR count). The monoisotopic (exact) mass is 1340 g/mol. The summed E-state index contributed by atoms with van der Waals surface area (Å²) in [5, 5.41) is 0. The Labute approximate surface area is 571 Å². The van der Waals surface area contributed by atoms with Crippen molar-refractivity contribution >= 4 is 35.8 Å². The molecule has 0 radical (unpaired) electrons. The summed E-state index contributed by atoms with van der Waals surface area (Å²) in [6, 6.07) is 38.7. The van der Waals surface area contributed by atoms with Crippen LogP contribution in [0.5, 0.6) is 57.5 Å². The Balaban J connectivity index is 0.914. The summed E-state index contributed by atoms with van der Waals surface area (Å²) in [5.74, 6) is -4.37. The van der Waals surface area contributed by atoms with Crippen LogP contribution in [-0.4, -0.2) is 114 Å². The van der Waals surface area contributed by atoms with Crippen LogP contribution in [0.3, 0.4) is 0 Å². The molecule has 518 valence electrons. The number of carbonyl (C=O) groups is 6. The lowest BCUT2D eigenvalue weighted by molar-refractivity contribution is 0.0662. The molecule has 20 heteroatoms. The Bertz CT molecular complexity index is 3380. The van der Waals surface area contributed by atoms with Gasteiger partial charge in [-0.25, -0.2) is 28.8 Å². The second kappa shape index (κ2) is 39.6. The molecule has 0 N–H and O–H groups in total. The van der Waals surface area contributed by atoms with Crippen LogP contribution in [0.1, 0.15) is 179 Å². The highest BCUT2D eigenvalue weighted by molar-refractivity contribution is 5.97. The minimum atomic E-state index is -0.981. The maximum Gasteiger partial charge on any atom is 0.343 e.